The predicted octanol–water partition coefficient (Wildman–Crippen LogP) is 2.97. The molecular weight excluding hydrogens is 230 g/mol. The Kier molecular flexibility index (Phi) is 3.74. The van der Waals surface area contributed by atoms with Crippen molar-refractivity contribution in [2.24, 2.45) is 0 Å². The number of hydrogen-bond donors (Lipinski definition) is 1. The molecule has 2 aromatic rings. The number of rotatable bonds is 4. The molecule has 90 valence electrons. The van der Waals surface area contributed by atoms with Crippen molar-refractivity contribution in [3.05, 3.63) is 40.2 Å². The van der Waals surface area contributed by atoms with E-state index in [4.69, 9.17) is 5.73 Å². The van der Waals surface area contributed by atoms with Crippen LogP contribution in [-0.4, -0.2) is 9.97 Å². The van der Waals surface area contributed by atoms with Crippen molar-refractivity contribution in [2.45, 2.75) is 33.1 Å². The standard InChI is InChI=1S/C13H17N3S/c1-3-4-11-12(17-13(14)16-11)6-10-5-9(2)7-15-8-10/h5,7-8H,3-4,6H2,1-2H3,(H2,14,16). The third-order valence-corrected chi connectivity index (χ3v) is 3.50. The monoisotopic (exact) mass is 247 g/mol. The highest BCUT2D eigenvalue weighted by Gasteiger charge is 2.09. The molecule has 0 radical (unpaired) electrons. The van der Waals surface area contributed by atoms with Gasteiger partial charge in [-0.25, -0.2) is 4.98 Å². The van der Waals surface area contributed by atoms with Gasteiger partial charge in [0.2, 0.25) is 0 Å². The minimum atomic E-state index is 0.670. The molecule has 0 saturated heterocycles. The van der Waals surface area contributed by atoms with Crippen LogP contribution < -0.4 is 5.73 Å². The van der Waals surface area contributed by atoms with Gasteiger partial charge >= 0.3 is 0 Å². The van der Waals surface area contributed by atoms with E-state index in [1.54, 1.807) is 11.3 Å². The first-order valence-electron chi connectivity index (χ1n) is 5.83. The van der Waals surface area contributed by atoms with Crippen LogP contribution in [0.15, 0.2) is 18.5 Å². The van der Waals surface area contributed by atoms with E-state index >= 15 is 0 Å². The summed E-state index contributed by atoms with van der Waals surface area (Å²) in [7, 11) is 0. The summed E-state index contributed by atoms with van der Waals surface area (Å²) in [6.07, 6.45) is 6.78. The fraction of sp³-hybridized carbons (Fsp3) is 0.385. The number of nitrogens with two attached hydrogens (primary N) is 1. The molecule has 0 saturated carbocycles. The summed E-state index contributed by atoms with van der Waals surface area (Å²) < 4.78 is 0. The Labute approximate surface area is 106 Å². The molecule has 2 N–H and O–H groups in total. The van der Waals surface area contributed by atoms with Crippen LogP contribution in [0.3, 0.4) is 0 Å². The summed E-state index contributed by atoms with van der Waals surface area (Å²) >= 11 is 1.59. The zero-order chi connectivity index (χ0) is 12.3. The number of anilines is 1. The average molecular weight is 247 g/mol. The number of nitrogens with zero attached hydrogens (tertiary/aromatic N) is 2. The van der Waals surface area contributed by atoms with Gasteiger partial charge in [-0.15, -0.1) is 11.3 Å². The maximum Gasteiger partial charge on any atom is 0.180 e. The van der Waals surface area contributed by atoms with Gasteiger partial charge in [-0.05, 0) is 24.5 Å². The van der Waals surface area contributed by atoms with Crippen LogP contribution in [-0.2, 0) is 12.8 Å². The molecule has 2 aromatic heterocycles. The summed E-state index contributed by atoms with van der Waals surface area (Å²) in [6.45, 7) is 4.22. The third kappa shape index (κ3) is 3.03. The Bertz CT molecular complexity index is 505. The van der Waals surface area contributed by atoms with Crippen molar-refractivity contribution in [3.8, 4) is 0 Å². The van der Waals surface area contributed by atoms with E-state index in [0.29, 0.717) is 5.13 Å². The minimum absolute atomic E-state index is 0.670. The molecule has 2 heterocycles. The number of hydrogen-bond acceptors (Lipinski definition) is 4. The van der Waals surface area contributed by atoms with Crippen molar-refractivity contribution in [3.63, 3.8) is 0 Å². The second kappa shape index (κ2) is 5.27. The summed E-state index contributed by atoms with van der Waals surface area (Å²) in [4.78, 5) is 9.89. The highest BCUT2D eigenvalue weighted by molar-refractivity contribution is 7.15. The molecule has 0 fully saturated rings. The van der Waals surface area contributed by atoms with Crippen LogP contribution in [0.4, 0.5) is 5.13 Å². The Morgan fingerprint density at radius 2 is 2.18 bits per heavy atom. The molecular formula is C13H17N3S. The van der Waals surface area contributed by atoms with Gasteiger partial charge in [-0.3, -0.25) is 4.98 Å². The van der Waals surface area contributed by atoms with E-state index in [2.05, 4.69) is 29.9 Å². The van der Waals surface area contributed by atoms with E-state index in [9.17, 15) is 0 Å². The summed E-state index contributed by atoms with van der Waals surface area (Å²) in [5, 5.41) is 0.670. The Balaban J connectivity index is 2.23. The second-order valence-corrected chi connectivity index (χ2v) is 5.33. The highest BCUT2D eigenvalue weighted by Crippen LogP contribution is 2.24. The van der Waals surface area contributed by atoms with E-state index in [0.717, 1.165) is 25.0 Å². The third-order valence-electron chi connectivity index (χ3n) is 2.58. The van der Waals surface area contributed by atoms with Crippen molar-refractivity contribution < 1.29 is 0 Å². The number of nitrogen functional groups attached to an aromatic ring is 1. The van der Waals surface area contributed by atoms with Crippen molar-refractivity contribution >= 4 is 16.5 Å². The van der Waals surface area contributed by atoms with Crippen molar-refractivity contribution in [1.29, 1.82) is 0 Å². The molecule has 0 bridgehead atoms. The van der Waals surface area contributed by atoms with Crippen molar-refractivity contribution in [1.82, 2.24) is 9.97 Å². The van der Waals surface area contributed by atoms with Crippen molar-refractivity contribution in [2.75, 3.05) is 5.73 Å². The molecule has 0 aromatic carbocycles. The maximum absolute atomic E-state index is 5.79. The van der Waals surface area contributed by atoms with Crippen LogP contribution in [0.5, 0.6) is 0 Å². The summed E-state index contributed by atoms with van der Waals surface area (Å²) in [5.74, 6) is 0. The van der Waals surface area contributed by atoms with Gasteiger partial charge < -0.3 is 5.73 Å². The molecule has 0 amide bonds. The second-order valence-electron chi connectivity index (χ2n) is 4.22. The average Bonchev–Trinajstić information content (AvgIpc) is 2.59. The quantitative estimate of drug-likeness (QED) is 0.903. The van der Waals surface area contributed by atoms with Gasteiger partial charge in [0.1, 0.15) is 0 Å². The summed E-state index contributed by atoms with van der Waals surface area (Å²) in [6, 6.07) is 2.17. The molecule has 3 nitrogen and oxygen atoms in total. The number of thiazole rings is 1. The molecule has 4 heteroatoms. The van der Waals surface area contributed by atoms with Gasteiger partial charge in [0, 0.05) is 23.7 Å². The molecule has 0 spiro atoms. The van der Waals surface area contributed by atoms with Gasteiger partial charge in [-0.2, -0.15) is 0 Å². The molecule has 0 aliphatic carbocycles. The van der Waals surface area contributed by atoms with Crippen LogP contribution in [0, 0.1) is 6.92 Å². The largest absolute Gasteiger partial charge is 0.375 e. The minimum Gasteiger partial charge on any atom is -0.375 e. The number of pyridine rings is 1. The molecule has 0 aliphatic heterocycles. The lowest BCUT2D eigenvalue weighted by Crippen LogP contribution is -1.94. The topological polar surface area (TPSA) is 51.8 Å². The lowest BCUT2D eigenvalue weighted by atomic mass is 10.1. The van der Waals surface area contributed by atoms with Gasteiger partial charge in [0.25, 0.3) is 0 Å². The molecule has 17 heavy (non-hydrogen) atoms. The Morgan fingerprint density at radius 1 is 1.35 bits per heavy atom. The molecule has 0 aliphatic rings. The van der Waals surface area contributed by atoms with E-state index < -0.39 is 0 Å². The fourth-order valence-corrected chi connectivity index (χ4v) is 2.79. The fourth-order valence-electron chi connectivity index (χ4n) is 1.87. The van der Waals surface area contributed by atoms with Crippen LogP contribution in [0.25, 0.3) is 0 Å². The zero-order valence-corrected chi connectivity index (χ0v) is 11.0. The molecule has 0 atom stereocenters. The van der Waals surface area contributed by atoms with Gasteiger partial charge in [0.15, 0.2) is 5.13 Å². The smallest absolute Gasteiger partial charge is 0.180 e. The van der Waals surface area contributed by atoms with E-state index in [1.165, 1.54) is 16.0 Å². The predicted molar refractivity (Wildman–Crippen MR) is 72.3 cm³/mol. The first-order valence-corrected chi connectivity index (χ1v) is 6.65. The van der Waals surface area contributed by atoms with E-state index in [-0.39, 0.29) is 0 Å². The zero-order valence-electron chi connectivity index (χ0n) is 10.2. The number of aryl methyl sites for hydroxylation is 2. The normalized spacial score (nSPS) is 10.7. The lowest BCUT2D eigenvalue weighted by molar-refractivity contribution is 0.879. The Hall–Kier alpha value is -1.42. The van der Waals surface area contributed by atoms with E-state index in [1.807, 2.05) is 12.4 Å². The molecule has 2 rings (SSSR count). The highest BCUT2D eigenvalue weighted by atomic mass is 32.1. The number of aromatic nitrogens is 2. The Morgan fingerprint density at radius 3 is 2.88 bits per heavy atom. The van der Waals surface area contributed by atoms with Gasteiger partial charge in [0.05, 0.1) is 5.69 Å². The first-order chi connectivity index (χ1) is 8.19. The van der Waals surface area contributed by atoms with Gasteiger partial charge in [-0.1, -0.05) is 19.4 Å². The summed E-state index contributed by atoms with van der Waals surface area (Å²) in [5.41, 5.74) is 9.35. The SMILES string of the molecule is CCCc1nc(N)sc1Cc1cncc(C)c1. The molecule has 0 unspecified atom stereocenters. The van der Waals surface area contributed by atoms with Crippen LogP contribution in [0.1, 0.15) is 35.0 Å². The van der Waals surface area contributed by atoms with Crippen LogP contribution in [0.2, 0.25) is 0 Å². The maximum atomic E-state index is 5.79. The van der Waals surface area contributed by atoms with Crippen LogP contribution >= 0.6 is 11.3 Å². The lowest BCUT2D eigenvalue weighted by Gasteiger charge is -2.02. The first kappa shape index (κ1) is 12.0.